The van der Waals surface area contributed by atoms with E-state index in [1.807, 2.05) is 11.9 Å². The van der Waals surface area contributed by atoms with Gasteiger partial charge in [0.05, 0.1) is 5.92 Å². The summed E-state index contributed by atoms with van der Waals surface area (Å²) in [5.41, 5.74) is 0. The second-order valence-corrected chi connectivity index (χ2v) is 5.35. The molecule has 0 aliphatic heterocycles. The molecule has 0 heterocycles. The van der Waals surface area contributed by atoms with Gasteiger partial charge in [-0.2, -0.15) is 0 Å². The van der Waals surface area contributed by atoms with Crippen molar-refractivity contribution < 1.29 is 14.7 Å². The van der Waals surface area contributed by atoms with Crippen LogP contribution in [0.15, 0.2) is 0 Å². The largest absolute Gasteiger partial charge is 0.481 e. The Morgan fingerprint density at radius 1 is 1.11 bits per heavy atom. The van der Waals surface area contributed by atoms with Crippen molar-refractivity contribution in [3.8, 4) is 0 Å². The summed E-state index contributed by atoms with van der Waals surface area (Å²) in [5, 5.41) is 8.92. The molecule has 1 aliphatic rings. The van der Waals surface area contributed by atoms with E-state index >= 15 is 0 Å². The number of carboxylic acids is 1. The average Bonchev–Trinajstić information content (AvgIpc) is 2.38. The van der Waals surface area contributed by atoms with Crippen LogP contribution < -0.4 is 0 Å². The molecule has 1 rings (SSSR count). The molecule has 0 aromatic rings. The van der Waals surface area contributed by atoms with Crippen molar-refractivity contribution in [2.75, 3.05) is 13.6 Å². The minimum absolute atomic E-state index is 0.0484. The summed E-state index contributed by atoms with van der Waals surface area (Å²) in [6, 6.07) is 0. The topological polar surface area (TPSA) is 57.6 Å². The Hall–Kier alpha value is -1.06. The van der Waals surface area contributed by atoms with Gasteiger partial charge in [0.1, 0.15) is 0 Å². The van der Waals surface area contributed by atoms with E-state index in [1.54, 1.807) is 0 Å². The molecular weight excluding hydrogens is 230 g/mol. The molecule has 0 radical (unpaired) electrons. The molecule has 0 atom stereocenters. The predicted molar refractivity (Wildman–Crippen MR) is 70.2 cm³/mol. The van der Waals surface area contributed by atoms with E-state index in [0.717, 1.165) is 38.6 Å². The highest BCUT2D eigenvalue weighted by Gasteiger charge is 2.30. The summed E-state index contributed by atoms with van der Waals surface area (Å²) in [5.74, 6) is -0.696. The second kappa shape index (κ2) is 7.39. The van der Waals surface area contributed by atoms with Crippen molar-refractivity contribution in [3.63, 3.8) is 0 Å². The zero-order valence-electron chi connectivity index (χ0n) is 11.5. The van der Waals surface area contributed by atoms with Crippen molar-refractivity contribution in [1.29, 1.82) is 0 Å². The maximum atomic E-state index is 12.1. The Bertz CT molecular complexity index is 283. The van der Waals surface area contributed by atoms with E-state index in [1.165, 1.54) is 0 Å². The number of hydrogen-bond acceptors (Lipinski definition) is 2. The highest BCUT2D eigenvalue weighted by molar-refractivity contribution is 5.79. The number of carbonyl (C=O) groups is 2. The normalized spacial score (nSPS) is 23.7. The van der Waals surface area contributed by atoms with E-state index < -0.39 is 5.97 Å². The van der Waals surface area contributed by atoms with Gasteiger partial charge in [-0.1, -0.05) is 19.8 Å². The molecule has 0 spiro atoms. The van der Waals surface area contributed by atoms with Crippen molar-refractivity contribution in [1.82, 2.24) is 4.90 Å². The van der Waals surface area contributed by atoms with Crippen LogP contribution in [0, 0.1) is 11.8 Å². The van der Waals surface area contributed by atoms with Gasteiger partial charge in [-0.15, -0.1) is 0 Å². The molecule has 1 N–H and O–H groups in total. The van der Waals surface area contributed by atoms with Crippen LogP contribution in [0.25, 0.3) is 0 Å². The molecular formula is C14H25NO3. The summed E-state index contributed by atoms with van der Waals surface area (Å²) in [6.45, 7) is 2.97. The van der Waals surface area contributed by atoms with Crippen LogP contribution in [0.4, 0.5) is 0 Å². The predicted octanol–water partition coefficient (Wildman–Crippen LogP) is 2.53. The van der Waals surface area contributed by atoms with Crippen molar-refractivity contribution in [2.24, 2.45) is 11.8 Å². The molecule has 0 aromatic carbocycles. The Balaban J connectivity index is 2.32. The first kappa shape index (κ1) is 15.0. The second-order valence-electron chi connectivity index (χ2n) is 5.35. The van der Waals surface area contributed by atoms with Gasteiger partial charge in [0.15, 0.2) is 0 Å². The first-order valence-electron chi connectivity index (χ1n) is 7.04. The number of unbranched alkanes of at least 4 members (excludes halogenated alkanes) is 2. The third-order valence-electron chi connectivity index (χ3n) is 3.90. The quantitative estimate of drug-likeness (QED) is 0.742. The smallest absolute Gasteiger partial charge is 0.306 e. The SMILES string of the molecule is CCCCCN(C)C(=O)C1CCC(C(=O)O)CC1. The molecule has 0 unspecified atom stereocenters. The van der Waals surface area contributed by atoms with Gasteiger partial charge in [0, 0.05) is 19.5 Å². The van der Waals surface area contributed by atoms with Crippen LogP contribution in [0.5, 0.6) is 0 Å². The lowest BCUT2D eigenvalue weighted by molar-refractivity contribution is -0.145. The highest BCUT2D eigenvalue weighted by atomic mass is 16.4. The third kappa shape index (κ3) is 4.31. The molecule has 0 saturated heterocycles. The minimum Gasteiger partial charge on any atom is -0.481 e. The molecule has 1 saturated carbocycles. The monoisotopic (exact) mass is 255 g/mol. The van der Waals surface area contributed by atoms with Gasteiger partial charge in [-0.25, -0.2) is 0 Å². The summed E-state index contributed by atoms with van der Waals surface area (Å²) >= 11 is 0. The highest BCUT2D eigenvalue weighted by Crippen LogP contribution is 2.30. The van der Waals surface area contributed by atoms with Crippen LogP contribution in [-0.4, -0.2) is 35.5 Å². The number of aliphatic carboxylic acids is 1. The Morgan fingerprint density at radius 3 is 2.17 bits per heavy atom. The van der Waals surface area contributed by atoms with Gasteiger partial charge in [0.25, 0.3) is 0 Å². The number of rotatable bonds is 6. The average molecular weight is 255 g/mol. The van der Waals surface area contributed by atoms with Crippen LogP contribution in [-0.2, 0) is 9.59 Å². The van der Waals surface area contributed by atoms with Crippen molar-refractivity contribution in [2.45, 2.75) is 51.9 Å². The summed E-state index contributed by atoms with van der Waals surface area (Å²) in [7, 11) is 1.86. The molecule has 0 aromatic heterocycles. The number of carboxylic acid groups (broad SMARTS) is 1. The molecule has 1 amide bonds. The van der Waals surface area contributed by atoms with Crippen LogP contribution in [0.1, 0.15) is 51.9 Å². The minimum atomic E-state index is -0.711. The van der Waals surface area contributed by atoms with Gasteiger partial charge in [-0.3, -0.25) is 9.59 Å². The Labute approximate surface area is 109 Å². The lowest BCUT2D eigenvalue weighted by atomic mass is 9.81. The first-order chi connectivity index (χ1) is 8.56. The fraction of sp³-hybridized carbons (Fsp3) is 0.857. The zero-order valence-corrected chi connectivity index (χ0v) is 11.5. The third-order valence-corrected chi connectivity index (χ3v) is 3.90. The lowest BCUT2D eigenvalue weighted by Crippen LogP contribution is -2.36. The van der Waals surface area contributed by atoms with E-state index in [2.05, 4.69) is 6.92 Å². The summed E-state index contributed by atoms with van der Waals surface area (Å²) in [4.78, 5) is 24.8. The number of nitrogens with zero attached hydrogens (tertiary/aromatic N) is 1. The van der Waals surface area contributed by atoms with E-state index in [-0.39, 0.29) is 17.7 Å². The fourth-order valence-electron chi connectivity index (χ4n) is 2.61. The molecule has 1 fully saturated rings. The van der Waals surface area contributed by atoms with Crippen molar-refractivity contribution in [3.05, 3.63) is 0 Å². The standard InChI is InChI=1S/C14H25NO3/c1-3-4-5-10-15(2)13(16)11-6-8-12(9-7-11)14(17)18/h11-12H,3-10H2,1-2H3,(H,17,18). The van der Waals surface area contributed by atoms with Gasteiger partial charge in [-0.05, 0) is 32.1 Å². The van der Waals surface area contributed by atoms with Crippen LogP contribution in [0.2, 0.25) is 0 Å². The van der Waals surface area contributed by atoms with Gasteiger partial charge >= 0.3 is 5.97 Å². The van der Waals surface area contributed by atoms with Crippen LogP contribution >= 0.6 is 0 Å². The molecule has 18 heavy (non-hydrogen) atoms. The maximum absolute atomic E-state index is 12.1. The maximum Gasteiger partial charge on any atom is 0.306 e. The zero-order chi connectivity index (χ0) is 13.5. The molecule has 104 valence electrons. The Kier molecular flexibility index (Phi) is 6.16. The first-order valence-corrected chi connectivity index (χ1v) is 7.04. The number of hydrogen-bond donors (Lipinski definition) is 1. The van der Waals surface area contributed by atoms with E-state index in [0.29, 0.717) is 12.8 Å². The molecule has 1 aliphatic carbocycles. The van der Waals surface area contributed by atoms with Gasteiger partial charge < -0.3 is 10.0 Å². The summed E-state index contributed by atoms with van der Waals surface area (Å²) in [6.07, 6.45) is 6.13. The van der Waals surface area contributed by atoms with Crippen LogP contribution in [0.3, 0.4) is 0 Å². The molecule has 4 heteroatoms. The van der Waals surface area contributed by atoms with E-state index in [4.69, 9.17) is 5.11 Å². The van der Waals surface area contributed by atoms with Gasteiger partial charge in [0.2, 0.25) is 5.91 Å². The van der Waals surface area contributed by atoms with E-state index in [9.17, 15) is 9.59 Å². The molecule has 0 bridgehead atoms. The number of amides is 1. The lowest BCUT2D eigenvalue weighted by Gasteiger charge is -2.29. The van der Waals surface area contributed by atoms with Crippen molar-refractivity contribution >= 4 is 11.9 Å². The fourth-order valence-corrected chi connectivity index (χ4v) is 2.61. The number of carbonyl (C=O) groups excluding carboxylic acids is 1. The summed E-state index contributed by atoms with van der Waals surface area (Å²) < 4.78 is 0. The molecule has 4 nitrogen and oxygen atoms in total. The Morgan fingerprint density at radius 2 is 1.67 bits per heavy atom.